The molecule has 0 aliphatic carbocycles. The summed E-state index contributed by atoms with van der Waals surface area (Å²) in [5.74, 6) is -0.881. The van der Waals surface area contributed by atoms with Gasteiger partial charge in [-0.1, -0.05) is 12.1 Å². The Morgan fingerprint density at radius 1 is 1.36 bits per heavy atom. The van der Waals surface area contributed by atoms with Crippen molar-refractivity contribution >= 4 is 33.3 Å². The van der Waals surface area contributed by atoms with Gasteiger partial charge in [-0.15, -0.1) is 0 Å². The number of benzene rings is 1. The molecule has 1 aromatic carbocycles. The summed E-state index contributed by atoms with van der Waals surface area (Å²) in [4.78, 5) is 25.9. The fourth-order valence-corrected chi connectivity index (χ4v) is 2.05. The number of nitro groups is 1. The number of amides is 1. The molecule has 0 saturated carbocycles. The number of carbonyl (C=O) groups excluding carboxylic acids is 1. The van der Waals surface area contributed by atoms with E-state index in [2.05, 4.69) is 26.2 Å². The summed E-state index contributed by atoms with van der Waals surface area (Å²) in [7, 11) is 0. The summed E-state index contributed by atoms with van der Waals surface area (Å²) in [6.45, 7) is 1.28. The van der Waals surface area contributed by atoms with E-state index in [0.29, 0.717) is 11.4 Å². The summed E-state index contributed by atoms with van der Waals surface area (Å²) >= 11 is 3.30. The van der Waals surface area contributed by atoms with Crippen molar-refractivity contribution in [1.29, 1.82) is 0 Å². The Labute approximate surface area is 134 Å². The molecule has 0 radical (unpaired) electrons. The van der Waals surface area contributed by atoms with Crippen LogP contribution in [0.3, 0.4) is 0 Å². The third-order valence-corrected chi connectivity index (χ3v) is 3.35. The molecule has 1 heterocycles. The van der Waals surface area contributed by atoms with Gasteiger partial charge in [-0.3, -0.25) is 4.79 Å². The number of aryl methyl sites for hydroxylation is 1. The lowest BCUT2D eigenvalue weighted by Gasteiger charge is -2.08. The quantitative estimate of drug-likeness (QED) is 0.648. The number of aromatic nitrogens is 1. The molecule has 114 valence electrons. The third-order valence-electron chi connectivity index (χ3n) is 2.66. The minimum absolute atomic E-state index is 0.0436. The average molecular weight is 366 g/mol. The normalized spacial score (nSPS) is 10.1. The van der Waals surface area contributed by atoms with Crippen LogP contribution < -0.4 is 10.1 Å². The maximum Gasteiger partial charge on any atom is 0.406 e. The maximum atomic E-state index is 11.8. The van der Waals surface area contributed by atoms with Gasteiger partial charge in [-0.25, -0.2) is 0 Å². The number of para-hydroxylation sites is 1. The summed E-state index contributed by atoms with van der Waals surface area (Å²) in [5, 5.41) is 13.6. The Hall–Kier alpha value is -2.48. The van der Waals surface area contributed by atoms with Gasteiger partial charge in [0.2, 0.25) is 5.75 Å². The fraction of sp³-hybridized carbons (Fsp3) is 0.143. The lowest BCUT2D eigenvalue weighted by molar-refractivity contribution is -0.390. The van der Waals surface area contributed by atoms with Crippen molar-refractivity contribution in [3.63, 3.8) is 0 Å². The number of pyridine rings is 1. The van der Waals surface area contributed by atoms with Gasteiger partial charge in [0.05, 0.1) is 5.69 Å². The molecule has 2 rings (SSSR count). The van der Waals surface area contributed by atoms with Crippen LogP contribution >= 0.6 is 15.9 Å². The van der Waals surface area contributed by atoms with Gasteiger partial charge < -0.3 is 20.2 Å². The lowest BCUT2D eigenvalue weighted by atomic mass is 10.3. The van der Waals surface area contributed by atoms with Crippen molar-refractivity contribution in [2.45, 2.75) is 6.92 Å². The fourth-order valence-electron chi connectivity index (χ4n) is 1.67. The van der Waals surface area contributed by atoms with Crippen LogP contribution in [0.5, 0.6) is 5.75 Å². The van der Waals surface area contributed by atoms with Crippen LogP contribution in [-0.4, -0.2) is 22.4 Å². The zero-order valence-electron chi connectivity index (χ0n) is 11.6. The molecule has 0 spiro atoms. The number of halogens is 1. The zero-order chi connectivity index (χ0) is 16.1. The SMILES string of the molecule is Cc1ccc(OCC(=O)Nc2ccccc2Br)c([N+](=O)[O-])n1. The number of anilines is 1. The van der Waals surface area contributed by atoms with Gasteiger partial charge in [-0.05, 0) is 50.1 Å². The van der Waals surface area contributed by atoms with Gasteiger partial charge in [-0.2, -0.15) is 0 Å². The molecule has 0 fully saturated rings. The van der Waals surface area contributed by atoms with Crippen LogP contribution in [0, 0.1) is 17.0 Å². The van der Waals surface area contributed by atoms with Crippen LogP contribution in [0.15, 0.2) is 40.9 Å². The van der Waals surface area contributed by atoms with E-state index in [1.807, 2.05) is 6.07 Å². The number of hydrogen-bond acceptors (Lipinski definition) is 5. The highest BCUT2D eigenvalue weighted by atomic mass is 79.9. The summed E-state index contributed by atoms with van der Waals surface area (Å²) in [5.41, 5.74) is 1.09. The van der Waals surface area contributed by atoms with E-state index in [-0.39, 0.29) is 12.4 Å². The average Bonchev–Trinajstić information content (AvgIpc) is 2.48. The Kier molecular flexibility index (Phi) is 5.05. The van der Waals surface area contributed by atoms with Gasteiger partial charge in [0.15, 0.2) is 6.61 Å². The Bertz CT molecular complexity index is 721. The van der Waals surface area contributed by atoms with Crippen LogP contribution in [0.2, 0.25) is 0 Å². The highest BCUT2D eigenvalue weighted by Gasteiger charge is 2.18. The van der Waals surface area contributed by atoms with Crippen molar-refractivity contribution in [2.24, 2.45) is 0 Å². The van der Waals surface area contributed by atoms with Gasteiger partial charge >= 0.3 is 5.82 Å². The second kappa shape index (κ2) is 6.99. The van der Waals surface area contributed by atoms with Gasteiger partial charge in [0.25, 0.3) is 5.91 Å². The van der Waals surface area contributed by atoms with Crippen molar-refractivity contribution in [3.8, 4) is 5.75 Å². The topological polar surface area (TPSA) is 94.4 Å². The second-order valence-electron chi connectivity index (χ2n) is 4.35. The van der Waals surface area contributed by atoms with Crippen LogP contribution in [0.1, 0.15) is 5.69 Å². The molecule has 1 aromatic heterocycles. The van der Waals surface area contributed by atoms with E-state index in [1.165, 1.54) is 6.07 Å². The van der Waals surface area contributed by atoms with Crippen LogP contribution in [0.4, 0.5) is 11.5 Å². The predicted octanol–water partition coefficient (Wildman–Crippen LogP) is 3.08. The number of ether oxygens (including phenoxy) is 1. The van der Waals surface area contributed by atoms with E-state index in [4.69, 9.17) is 4.74 Å². The highest BCUT2D eigenvalue weighted by Crippen LogP contribution is 2.25. The molecule has 0 saturated heterocycles. The molecule has 0 aliphatic rings. The molecule has 0 aliphatic heterocycles. The Balaban J connectivity index is 2.03. The summed E-state index contributed by atoms with van der Waals surface area (Å²) < 4.78 is 5.92. The second-order valence-corrected chi connectivity index (χ2v) is 5.20. The minimum atomic E-state index is -0.645. The molecule has 1 N–H and O–H groups in total. The van der Waals surface area contributed by atoms with E-state index >= 15 is 0 Å². The monoisotopic (exact) mass is 365 g/mol. The van der Waals surface area contributed by atoms with E-state index in [0.717, 1.165) is 4.47 Å². The van der Waals surface area contributed by atoms with E-state index in [1.54, 1.807) is 31.2 Å². The first-order valence-electron chi connectivity index (χ1n) is 6.26. The van der Waals surface area contributed by atoms with Crippen molar-refractivity contribution < 1.29 is 14.5 Å². The first-order chi connectivity index (χ1) is 10.5. The molecule has 0 unspecified atom stereocenters. The molecular formula is C14H12BrN3O4. The molecule has 0 atom stereocenters. The molecule has 0 bridgehead atoms. The number of rotatable bonds is 5. The molecule has 22 heavy (non-hydrogen) atoms. The van der Waals surface area contributed by atoms with Crippen molar-refractivity contribution in [2.75, 3.05) is 11.9 Å². The minimum Gasteiger partial charge on any atom is -0.476 e. The number of nitrogens with one attached hydrogen (secondary N) is 1. The zero-order valence-corrected chi connectivity index (χ0v) is 13.2. The van der Waals surface area contributed by atoms with Gasteiger partial charge in [0.1, 0.15) is 5.69 Å². The number of nitrogens with zero attached hydrogens (tertiary/aromatic N) is 2. The standard InChI is InChI=1S/C14H12BrN3O4/c1-9-6-7-12(14(16-9)18(20)21)22-8-13(19)17-11-5-3-2-4-10(11)15/h2-7H,8H2,1H3,(H,17,19). The van der Waals surface area contributed by atoms with Crippen LogP contribution in [0.25, 0.3) is 0 Å². The lowest BCUT2D eigenvalue weighted by Crippen LogP contribution is -2.20. The van der Waals surface area contributed by atoms with Gasteiger partial charge in [0, 0.05) is 11.4 Å². The van der Waals surface area contributed by atoms with Crippen LogP contribution in [-0.2, 0) is 4.79 Å². The van der Waals surface area contributed by atoms with Crippen molar-refractivity contribution in [3.05, 3.63) is 56.7 Å². The van der Waals surface area contributed by atoms with E-state index < -0.39 is 16.6 Å². The Morgan fingerprint density at radius 2 is 2.09 bits per heavy atom. The first-order valence-corrected chi connectivity index (χ1v) is 7.06. The predicted molar refractivity (Wildman–Crippen MR) is 83.9 cm³/mol. The Morgan fingerprint density at radius 3 is 2.77 bits per heavy atom. The third kappa shape index (κ3) is 4.01. The molecule has 8 heteroatoms. The molecule has 7 nitrogen and oxygen atoms in total. The summed E-state index contributed by atoms with van der Waals surface area (Å²) in [6, 6.07) is 10.1. The smallest absolute Gasteiger partial charge is 0.406 e. The highest BCUT2D eigenvalue weighted by molar-refractivity contribution is 9.10. The van der Waals surface area contributed by atoms with Crippen molar-refractivity contribution in [1.82, 2.24) is 4.98 Å². The number of hydrogen-bond donors (Lipinski definition) is 1. The largest absolute Gasteiger partial charge is 0.476 e. The van der Waals surface area contributed by atoms with E-state index in [9.17, 15) is 14.9 Å². The molecule has 1 amide bonds. The number of carbonyl (C=O) groups is 1. The molecule has 2 aromatic rings. The summed E-state index contributed by atoms with van der Waals surface area (Å²) in [6.07, 6.45) is 0. The molecular weight excluding hydrogens is 354 g/mol. The maximum absolute atomic E-state index is 11.8. The first kappa shape index (κ1) is 15.9.